The number of nitrogens with one attached hydrogen (secondary N) is 1. The third-order valence-corrected chi connectivity index (χ3v) is 4.47. The molecule has 0 aliphatic rings. The number of ether oxygens (including phenoxy) is 1. The average Bonchev–Trinajstić information content (AvgIpc) is 2.66. The highest BCUT2D eigenvalue weighted by atomic mass is 32.2. The van der Waals surface area contributed by atoms with Crippen LogP contribution in [0.4, 0.5) is 24.5 Å². The molecule has 8 nitrogen and oxygen atoms in total. The molecule has 0 aliphatic carbocycles. The molecule has 0 fully saturated rings. The first-order valence-electron chi connectivity index (χ1n) is 8.60. The summed E-state index contributed by atoms with van der Waals surface area (Å²) < 4.78 is 61.7. The summed E-state index contributed by atoms with van der Waals surface area (Å²) in [7, 11) is 1.49. The molecule has 2 aromatic rings. The van der Waals surface area contributed by atoms with E-state index >= 15 is 0 Å². The van der Waals surface area contributed by atoms with Gasteiger partial charge in [0, 0.05) is 31.4 Å². The van der Waals surface area contributed by atoms with Crippen molar-refractivity contribution in [3.05, 3.63) is 35.5 Å². The quantitative estimate of drug-likeness (QED) is 0.362. The first-order chi connectivity index (χ1) is 14.0. The predicted molar refractivity (Wildman–Crippen MR) is 105 cm³/mol. The Morgan fingerprint density at radius 2 is 2.00 bits per heavy atom. The van der Waals surface area contributed by atoms with E-state index in [1.165, 1.54) is 36.5 Å². The van der Waals surface area contributed by atoms with E-state index in [1.54, 1.807) is 0 Å². The molecule has 0 aliphatic heterocycles. The predicted octanol–water partition coefficient (Wildman–Crippen LogP) is 2.03. The number of aromatic nitrogens is 1. The summed E-state index contributed by atoms with van der Waals surface area (Å²) in [5.74, 6) is 5.36. The van der Waals surface area contributed by atoms with Crippen molar-refractivity contribution < 1.29 is 31.3 Å². The van der Waals surface area contributed by atoms with Gasteiger partial charge < -0.3 is 15.5 Å². The molecule has 0 bridgehead atoms. The maximum atomic E-state index is 13.6. The molecule has 1 atom stereocenters. The van der Waals surface area contributed by atoms with E-state index in [4.69, 9.17) is 20.5 Å². The number of hydrazine groups is 1. The summed E-state index contributed by atoms with van der Waals surface area (Å²) in [4.78, 5) is 2.72. The number of rotatable bonds is 8. The molecule has 5 N–H and O–H groups in total. The van der Waals surface area contributed by atoms with E-state index in [2.05, 4.69) is 4.98 Å². The number of nitrogens with two attached hydrogens (primary N) is 2. The molecule has 30 heavy (non-hydrogen) atoms. The molecule has 0 saturated carbocycles. The maximum Gasteiger partial charge on any atom is 0.419 e. The van der Waals surface area contributed by atoms with Crippen LogP contribution in [0, 0.1) is 11.3 Å². The van der Waals surface area contributed by atoms with Crippen molar-refractivity contribution >= 4 is 22.5 Å². The topological polar surface area (TPSA) is 129 Å². The fourth-order valence-corrected chi connectivity index (χ4v) is 2.93. The number of nitrogen functional groups attached to an aromatic ring is 1. The molecule has 1 unspecified atom stereocenters. The van der Waals surface area contributed by atoms with E-state index in [1.807, 2.05) is 6.07 Å². The van der Waals surface area contributed by atoms with Gasteiger partial charge in [0.2, 0.25) is 5.69 Å². The lowest BCUT2D eigenvalue weighted by molar-refractivity contribution is -0.367. The van der Waals surface area contributed by atoms with Gasteiger partial charge in [-0.3, -0.25) is 4.18 Å². The van der Waals surface area contributed by atoms with Gasteiger partial charge in [-0.25, -0.2) is 10.1 Å². The SMILES string of the molecule is CN(N)c1cc(-c2ccc(OCCCOS(C)=O)c(C(F)(F)F)c2)[nH+]c(C#N)c1N. The minimum absolute atomic E-state index is 0.0259. The Kier molecular flexibility index (Phi) is 7.60. The van der Waals surface area contributed by atoms with Gasteiger partial charge in [-0.15, -0.1) is 0 Å². The lowest BCUT2D eigenvalue weighted by Gasteiger charge is -2.16. The summed E-state index contributed by atoms with van der Waals surface area (Å²) in [6.07, 6.45) is -3.06. The van der Waals surface area contributed by atoms with Gasteiger partial charge in [-0.1, -0.05) is 0 Å². The van der Waals surface area contributed by atoms with Crippen molar-refractivity contribution in [3.8, 4) is 23.1 Å². The Balaban J connectivity index is 2.39. The molecule has 12 heteroatoms. The number of H-pyrrole nitrogens is 1. The molecule has 162 valence electrons. The van der Waals surface area contributed by atoms with Crippen LogP contribution in [0.15, 0.2) is 24.3 Å². The van der Waals surface area contributed by atoms with Gasteiger partial charge in [-0.05, 0) is 18.2 Å². The zero-order chi connectivity index (χ0) is 22.5. The van der Waals surface area contributed by atoms with E-state index in [9.17, 15) is 22.6 Å². The third kappa shape index (κ3) is 5.82. The number of pyridine rings is 1. The Hall–Kier alpha value is -2.88. The fraction of sp³-hybridized carbons (Fsp3) is 0.333. The lowest BCUT2D eigenvalue weighted by atomic mass is 10.0. The number of hydrogen-bond donors (Lipinski definition) is 2. The van der Waals surface area contributed by atoms with Gasteiger partial charge in [0.05, 0.1) is 24.5 Å². The van der Waals surface area contributed by atoms with Crippen molar-refractivity contribution in [1.29, 1.82) is 5.26 Å². The van der Waals surface area contributed by atoms with Crippen LogP contribution < -0.4 is 26.3 Å². The Morgan fingerprint density at radius 1 is 1.30 bits per heavy atom. The summed E-state index contributed by atoms with van der Waals surface area (Å²) in [5.41, 5.74) is 5.60. The van der Waals surface area contributed by atoms with Crippen LogP contribution in [0.1, 0.15) is 17.7 Å². The second kappa shape index (κ2) is 9.75. The van der Waals surface area contributed by atoms with Crippen molar-refractivity contribution in [2.45, 2.75) is 12.6 Å². The smallest absolute Gasteiger partial charge is 0.419 e. The maximum absolute atomic E-state index is 13.6. The number of benzene rings is 1. The van der Waals surface area contributed by atoms with Crippen LogP contribution in [0.5, 0.6) is 5.75 Å². The molecular formula is C18H21F3N5O3S+. The van der Waals surface area contributed by atoms with Crippen LogP contribution in [0.25, 0.3) is 11.3 Å². The highest BCUT2D eigenvalue weighted by molar-refractivity contribution is 7.79. The van der Waals surface area contributed by atoms with Crippen LogP contribution in [-0.2, 0) is 21.4 Å². The molecule has 2 rings (SSSR count). The first kappa shape index (κ1) is 23.4. The molecular weight excluding hydrogens is 423 g/mol. The molecule has 0 spiro atoms. The van der Waals surface area contributed by atoms with Gasteiger partial charge in [0.15, 0.2) is 17.1 Å². The normalized spacial score (nSPS) is 12.3. The van der Waals surface area contributed by atoms with Crippen molar-refractivity contribution in [1.82, 2.24) is 0 Å². The average molecular weight is 444 g/mol. The zero-order valence-corrected chi connectivity index (χ0v) is 17.1. The van der Waals surface area contributed by atoms with Crippen LogP contribution in [0.3, 0.4) is 0 Å². The number of aromatic amines is 1. The zero-order valence-electron chi connectivity index (χ0n) is 16.2. The molecule has 0 saturated heterocycles. The Bertz CT molecular complexity index is 977. The van der Waals surface area contributed by atoms with Crippen molar-refractivity contribution in [2.75, 3.05) is 37.3 Å². The third-order valence-electron chi connectivity index (χ3n) is 3.97. The second-order valence-electron chi connectivity index (χ2n) is 6.21. The highest BCUT2D eigenvalue weighted by Crippen LogP contribution is 2.39. The monoisotopic (exact) mass is 444 g/mol. The number of anilines is 2. The van der Waals surface area contributed by atoms with Crippen LogP contribution in [0.2, 0.25) is 0 Å². The van der Waals surface area contributed by atoms with E-state index in [0.29, 0.717) is 0 Å². The number of hydrogen-bond acceptors (Lipinski definition) is 7. The van der Waals surface area contributed by atoms with Gasteiger partial charge in [0.25, 0.3) is 0 Å². The summed E-state index contributed by atoms with van der Waals surface area (Å²) in [6.45, 7) is 0.0452. The van der Waals surface area contributed by atoms with Crippen molar-refractivity contribution in [2.24, 2.45) is 5.84 Å². The minimum Gasteiger partial charge on any atom is -0.493 e. The number of alkyl halides is 3. The van der Waals surface area contributed by atoms with E-state index in [0.717, 1.165) is 6.07 Å². The summed E-state index contributed by atoms with van der Waals surface area (Å²) in [6, 6.07) is 6.84. The summed E-state index contributed by atoms with van der Waals surface area (Å²) in [5, 5.41) is 10.4. The summed E-state index contributed by atoms with van der Waals surface area (Å²) >= 11 is -1.45. The highest BCUT2D eigenvalue weighted by Gasteiger charge is 2.35. The van der Waals surface area contributed by atoms with Crippen LogP contribution >= 0.6 is 0 Å². The molecule has 0 radical (unpaired) electrons. The number of halogens is 3. The largest absolute Gasteiger partial charge is 0.493 e. The van der Waals surface area contributed by atoms with Gasteiger partial charge in [-0.2, -0.15) is 23.4 Å². The fourth-order valence-electron chi connectivity index (χ4n) is 2.58. The lowest BCUT2D eigenvalue weighted by Crippen LogP contribution is -2.28. The molecule has 1 heterocycles. The molecule has 1 aromatic heterocycles. The number of nitrogens with zero attached hydrogens (tertiary/aromatic N) is 2. The Labute approximate surface area is 173 Å². The molecule has 1 aromatic carbocycles. The van der Waals surface area contributed by atoms with Crippen molar-refractivity contribution in [3.63, 3.8) is 0 Å². The van der Waals surface area contributed by atoms with Gasteiger partial charge in [0.1, 0.15) is 11.4 Å². The van der Waals surface area contributed by atoms with E-state index < -0.39 is 22.8 Å². The van der Waals surface area contributed by atoms with Gasteiger partial charge >= 0.3 is 11.9 Å². The van der Waals surface area contributed by atoms with Crippen LogP contribution in [-0.4, -0.2) is 30.7 Å². The van der Waals surface area contributed by atoms with E-state index in [-0.39, 0.29) is 53.7 Å². The Morgan fingerprint density at radius 3 is 2.57 bits per heavy atom. The molecule has 0 amide bonds. The first-order valence-corrected chi connectivity index (χ1v) is 10.1. The minimum atomic E-state index is -4.67. The number of nitriles is 1. The second-order valence-corrected chi connectivity index (χ2v) is 7.25. The standard InChI is InChI=1S/C18H20F3N5O3S/c1-26(24)15-9-13(25-14(10-22)17(15)23)11-4-5-16(12(8-11)18(19,20)21)28-6-3-7-29-30(2)27/h4-5,8-9H,3,6-7,23-24H2,1-2H3/p+1.